The van der Waals surface area contributed by atoms with Gasteiger partial charge in [0.05, 0.1) is 0 Å². The van der Waals surface area contributed by atoms with E-state index in [4.69, 9.17) is 0 Å². The fourth-order valence-electron chi connectivity index (χ4n) is 2.11. The maximum Gasteiger partial charge on any atom is 0.0395 e. The molecule has 1 aromatic carbocycles. The first-order valence-electron chi connectivity index (χ1n) is 5.82. The number of anilines is 1. The molecule has 1 N–H and O–H groups in total. The summed E-state index contributed by atoms with van der Waals surface area (Å²) in [5.74, 6) is 0.838. The molecule has 0 unspecified atom stereocenters. The lowest BCUT2D eigenvalue weighted by Gasteiger charge is -2.34. The zero-order valence-electron chi connectivity index (χ0n) is 9.66. The molecule has 2 heteroatoms. The topological polar surface area (TPSA) is 15.3 Å². The molecule has 82 valence electrons. The summed E-state index contributed by atoms with van der Waals surface area (Å²) in [5, 5.41) is 3.33. The van der Waals surface area contributed by atoms with Crippen LogP contribution in [0.4, 0.5) is 5.69 Å². The van der Waals surface area contributed by atoms with Gasteiger partial charge in [0.2, 0.25) is 0 Å². The van der Waals surface area contributed by atoms with Crippen LogP contribution in [0.3, 0.4) is 0 Å². The summed E-state index contributed by atoms with van der Waals surface area (Å²) in [4.78, 5) is 2.49. The van der Waals surface area contributed by atoms with E-state index in [0.29, 0.717) is 0 Å². The summed E-state index contributed by atoms with van der Waals surface area (Å²) < 4.78 is 0. The van der Waals surface area contributed by atoms with Gasteiger partial charge in [-0.15, -0.1) is 0 Å². The second-order valence-corrected chi connectivity index (χ2v) is 4.35. The highest BCUT2D eigenvalue weighted by Gasteiger charge is 2.20. The Bertz CT molecular complexity index is 318. The summed E-state index contributed by atoms with van der Waals surface area (Å²) in [7, 11) is 0. The van der Waals surface area contributed by atoms with Crippen molar-refractivity contribution in [3.63, 3.8) is 0 Å². The van der Waals surface area contributed by atoms with Crippen molar-refractivity contribution in [2.24, 2.45) is 5.92 Å². The molecular formula is C13H20N2. The summed E-state index contributed by atoms with van der Waals surface area (Å²) in [6.45, 7) is 9.08. The minimum Gasteiger partial charge on any atom is -0.371 e. The van der Waals surface area contributed by atoms with Gasteiger partial charge in [-0.2, -0.15) is 0 Å². The molecule has 15 heavy (non-hydrogen) atoms. The predicted octanol–water partition coefficient (Wildman–Crippen LogP) is 2.04. The summed E-state index contributed by atoms with van der Waals surface area (Å²) >= 11 is 0. The number of nitrogens with zero attached hydrogens (tertiary/aromatic N) is 1. The van der Waals surface area contributed by atoms with E-state index in [1.807, 2.05) is 0 Å². The van der Waals surface area contributed by atoms with Gasteiger partial charge in [-0.1, -0.05) is 18.2 Å². The Morgan fingerprint density at radius 3 is 2.60 bits per heavy atom. The molecule has 0 saturated carbocycles. The predicted molar refractivity (Wildman–Crippen MR) is 65.4 cm³/mol. The second-order valence-electron chi connectivity index (χ2n) is 4.35. The maximum atomic E-state index is 3.33. The Morgan fingerprint density at radius 2 is 2.07 bits per heavy atom. The number of nitrogens with one attached hydrogen (secondary N) is 1. The Hall–Kier alpha value is -1.02. The van der Waals surface area contributed by atoms with Gasteiger partial charge in [-0.05, 0) is 25.5 Å². The summed E-state index contributed by atoms with van der Waals surface area (Å²) in [5.41, 5.74) is 2.78. The zero-order valence-corrected chi connectivity index (χ0v) is 9.66. The molecule has 0 atom stereocenters. The van der Waals surface area contributed by atoms with Crippen LogP contribution in [0.1, 0.15) is 12.5 Å². The van der Waals surface area contributed by atoms with Gasteiger partial charge in [0.15, 0.2) is 0 Å². The van der Waals surface area contributed by atoms with E-state index in [-0.39, 0.29) is 0 Å². The molecule has 0 radical (unpaired) electrons. The van der Waals surface area contributed by atoms with Crippen molar-refractivity contribution in [3.05, 3.63) is 29.8 Å². The third-order valence-corrected chi connectivity index (χ3v) is 3.18. The van der Waals surface area contributed by atoms with E-state index < -0.39 is 0 Å². The summed E-state index contributed by atoms with van der Waals surface area (Å²) in [6.07, 6.45) is 0. The zero-order chi connectivity index (χ0) is 10.7. The van der Waals surface area contributed by atoms with Crippen LogP contribution in [0, 0.1) is 12.8 Å². The van der Waals surface area contributed by atoms with Gasteiger partial charge < -0.3 is 10.2 Å². The molecule has 0 spiro atoms. The molecule has 0 bridgehead atoms. The van der Waals surface area contributed by atoms with E-state index in [9.17, 15) is 0 Å². The van der Waals surface area contributed by atoms with Crippen LogP contribution in [-0.2, 0) is 0 Å². The first kappa shape index (κ1) is 10.5. The highest BCUT2D eigenvalue weighted by atomic mass is 15.1. The van der Waals surface area contributed by atoms with Crippen molar-refractivity contribution in [1.29, 1.82) is 0 Å². The quantitative estimate of drug-likeness (QED) is 0.807. The lowest BCUT2D eigenvalue weighted by Crippen LogP contribution is -2.48. The lowest BCUT2D eigenvalue weighted by atomic mass is 10.0. The molecule has 1 aromatic rings. The molecule has 1 heterocycles. The standard InChI is InChI=1S/C13H20N2/c1-3-15(10-12-8-14-9-12)13-7-5-4-6-11(13)2/h4-7,12,14H,3,8-10H2,1-2H3. The number of aryl methyl sites for hydroxylation is 1. The molecule has 2 nitrogen and oxygen atoms in total. The van der Waals surface area contributed by atoms with Crippen molar-refractivity contribution < 1.29 is 0 Å². The summed E-state index contributed by atoms with van der Waals surface area (Å²) in [6, 6.07) is 8.66. The number of para-hydroxylation sites is 1. The van der Waals surface area contributed by atoms with Gasteiger partial charge in [-0.3, -0.25) is 0 Å². The van der Waals surface area contributed by atoms with E-state index in [1.54, 1.807) is 0 Å². The van der Waals surface area contributed by atoms with Crippen LogP contribution in [-0.4, -0.2) is 26.2 Å². The fourth-order valence-corrected chi connectivity index (χ4v) is 2.11. The Kier molecular flexibility index (Phi) is 3.27. The fraction of sp³-hybridized carbons (Fsp3) is 0.538. The average molecular weight is 204 g/mol. The Labute approximate surface area is 92.3 Å². The number of hydrogen-bond donors (Lipinski definition) is 1. The number of rotatable bonds is 4. The highest BCUT2D eigenvalue weighted by molar-refractivity contribution is 5.52. The van der Waals surface area contributed by atoms with Crippen molar-refractivity contribution in [3.8, 4) is 0 Å². The second kappa shape index (κ2) is 4.67. The normalized spacial score (nSPS) is 16.1. The van der Waals surface area contributed by atoms with Gasteiger partial charge in [-0.25, -0.2) is 0 Å². The molecule has 0 aliphatic carbocycles. The van der Waals surface area contributed by atoms with Gasteiger partial charge in [0.1, 0.15) is 0 Å². The highest BCUT2D eigenvalue weighted by Crippen LogP contribution is 2.20. The van der Waals surface area contributed by atoms with Gasteiger partial charge in [0.25, 0.3) is 0 Å². The first-order valence-corrected chi connectivity index (χ1v) is 5.82. The molecule has 0 aromatic heterocycles. The van der Waals surface area contributed by atoms with Crippen LogP contribution >= 0.6 is 0 Å². The molecule has 1 aliphatic rings. The van der Waals surface area contributed by atoms with Gasteiger partial charge in [0, 0.05) is 37.8 Å². The van der Waals surface area contributed by atoms with Crippen LogP contribution in [0.15, 0.2) is 24.3 Å². The number of hydrogen-bond acceptors (Lipinski definition) is 2. The minimum absolute atomic E-state index is 0.838. The monoisotopic (exact) mass is 204 g/mol. The third kappa shape index (κ3) is 2.32. The average Bonchev–Trinajstić information content (AvgIpc) is 2.19. The third-order valence-electron chi connectivity index (χ3n) is 3.18. The van der Waals surface area contributed by atoms with Crippen LogP contribution < -0.4 is 10.2 Å². The molecule has 1 aliphatic heterocycles. The van der Waals surface area contributed by atoms with Crippen molar-refractivity contribution in [1.82, 2.24) is 5.32 Å². The SMILES string of the molecule is CCN(CC1CNC1)c1ccccc1C. The lowest BCUT2D eigenvalue weighted by molar-refractivity contribution is 0.349. The van der Waals surface area contributed by atoms with Crippen LogP contribution in [0.2, 0.25) is 0 Å². The van der Waals surface area contributed by atoms with E-state index in [1.165, 1.54) is 30.9 Å². The smallest absolute Gasteiger partial charge is 0.0395 e. The van der Waals surface area contributed by atoms with E-state index in [2.05, 4.69) is 48.3 Å². The Balaban J connectivity index is 2.07. The molecule has 1 saturated heterocycles. The molecular weight excluding hydrogens is 184 g/mol. The van der Waals surface area contributed by atoms with Crippen LogP contribution in [0.5, 0.6) is 0 Å². The molecule has 2 rings (SSSR count). The molecule has 1 fully saturated rings. The Morgan fingerprint density at radius 1 is 1.33 bits per heavy atom. The maximum absolute atomic E-state index is 3.33. The largest absolute Gasteiger partial charge is 0.371 e. The van der Waals surface area contributed by atoms with E-state index >= 15 is 0 Å². The first-order chi connectivity index (χ1) is 7.31. The van der Waals surface area contributed by atoms with Gasteiger partial charge >= 0.3 is 0 Å². The van der Waals surface area contributed by atoms with Crippen molar-refractivity contribution >= 4 is 5.69 Å². The van der Waals surface area contributed by atoms with E-state index in [0.717, 1.165) is 12.5 Å². The minimum atomic E-state index is 0.838. The van der Waals surface area contributed by atoms with Crippen molar-refractivity contribution in [2.75, 3.05) is 31.1 Å². The number of benzene rings is 1. The van der Waals surface area contributed by atoms with Crippen LogP contribution in [0.25, 0.3) is 0 Å². The molecule has 0 amide bonds. The van der Waals surface area contributed by atoms with Crippen molar-refractivity contribution in [2.45, 2.75) is 13.8 Å².